The van der Waals surface area contributed by atoms with Gasteiger partial charge in [0.25, 0.3) is 10.0 Å². The highest BCUT2D eigenvalue weighted by atomic mass is 32.2. The molecule has 0 bridgehead atoms. The van der Waals surface area contributed by atoms with Crippen molar-refractivity contribution in [2.75, 3.05) is 31.2 Å². The molecule has 0 saturated heterocycles. The van der Waals surface area contributed by atoms with E-state index in [0.29, 0.717) is 24.1 Å². The molecular weight excluding hydrogens is 506 g/mol. The van der Waals surface area contributed by atoms with Crippen LogP contribution in [0.4, 0.5) is 11.8 Å². The summed E-state index contributed by atoms with van der Waals surface area (Å²) >= 11 is 0. The number of aromatic nitrogens is 2. The summed E-state index contributed by atoms with van der Waals surface area (Å²) in [7, 11) is -1.94. The number of carboxylic acid groups (broad SMARTS) is 1. The van der Waals surface area contributed by atoms with Gasteiger partial charge in [-0.05, 0) is 30.9 Å². The fraction of sp³-hybridized carbons (Fsp3) is 0.462. The van der Waals surface area contributed by atoms with Gasteiger partial charge in [-0.15, -0.1) is 0 Å². The van der Waals surface area contributed by atoms with E-state index in [0.717, 1.165) is 49.3 Å². The molecule has 0 fully saturated rings. The summed E-state index contributed by atoms with van der Waals surface area (Å²) in [6.45, 7) is 5.58. The van der Waals surface area contributed by atoms with Crippen molar-refractivity contribution in [3.8, 4) is 0 Å². The van der Waals surface area contributed by atoms with E-state index in [1.165, 1.54) is 0 Å². The molecule has 1 unspecified atom stereocenters. The van der Waals surface area contributed by atoms with Crippen molar-refractivity contribution in [1.82, 2.24) is 14.7 Å². The summed E-state index contributed by atoms with van der Waals surface area (Å²) in [4.78, 5) is 23.9. The summed E-state index contributed by atoms with van der Waals surface area (Å²) < 4.78 is 28.6. The fourth-order valence-corrected chi connectivity index (χ4v) is 5.36. The smallest absolute Gasteiger partial charge is 0.307 e. The number of aryl methyl sites for hydroxylation is 1. The van der Waals surface area contributed by atoms with E-state index >= 15 is 0 Å². The van der Waals surface area contributed by atoms with E-state index in [1.54, 1.807) is 36.8 Å². The van der Waals surface area contributed by atoms with E-state index in [1.807, 2.05) is 14.0 Å². The van der Waals surface area contributed by atoms with E-state index in [9.17, 15) is 13.2 Å². The number of nitrogen functional groups attached to an aromatic ring is 1. The van der Waals surface area contributed by atoms with Crippen molar-refractivity contribution >= 4 is 34.1 Å². The highest BCUT2D eigenvalue weighted by molar-refractivity contribution is 7.93. The van der Waals surface area contributed by atoms with E-state index in [4.69, 9.17) is 10.8 Å². The summed E-state index contributed by atoms with van der Waals surface area (Å²) in [5.74, 6) is 0.0665. The van der Waals surface area contributed by atoms with Crippen LogP contribution in [0.2, 0.25) is 0 Å². The SMILES string of the molecule is CCCCCNc1nc(N)nc(C)c1CCC[N+]1(C)C=NC(S(=O)(=O)NCc2cccc(CC(=O)O)c2)=C1. The van der Waals surface area contributed by atoms with Gasteiger partial charge in [-0.2, -0.15) is 9.98 Å². The van der Waals surface area contributed by atoms with Crippen LogP contribution in [0.5, 0.6) is 0 Å². The summed E-state index contributed by atoms with van der Waals surface area (Å²) in [6.07, 6.45) is 7.92. The second-order valence-electron chi connectivity index (χ2n) is 9.73. The molecule has 12 heteroatoms. The lowest BCUT2D eigenvalue weighted by Crippen LogP contribution is -2.36. The summed E-state index contributed by atoms with van der Waals surface area (Å²) in [5, 5.41) is 12.3. The van der Waals surface area contributed by atoms with Gasteiger partial charge < -0.3 is 16.2 Å². The highest BCUT2D eigenvalue weighted by Gasteiger charge is 2.31. The molecule has 1 aliphatic rings. The molecule has 2 aromatic rings. The maximum atomic E-state index is 12.9. The normalized spacial score (nSPS) is 17.0. The van der Waals surface area contributed by atoms with Gasteiger partial charge >= 0.3 is 5.97 Å². The summed E-state index contributed by atoms with van der Waals surface area (Å²) in [6, 6.07) is 6.83. The first-order valence-corrected chi connectivity index (χ1v) is 14.3. The van der Waals surface area contributed by atoms with Gasteiger partial charge in [0.2, 0.25) is 11.0 Å². The van der Waals surface area contributed by atoms with Crippen LogP contribution in [0.15, 0.2) is 40.5 Å². The van der Waals surface area contributed by atoms with Crippen molar-refractivity contribution < 1.29 is 22.8 Å². The van der Waals surface area contributed by atoms with Crippen LogP contribution in [0.25, 0.3) is 0 Å². The monoisotopic (exact) mass is 544 g/mol. The Bertz CT molecular complexity index is 1310. The molecule has 1 atom stereocenters. The topological polar surface area (TPSA) is 160 Å². The number of nitrogens with zero attached hydrogens (tertiary/aromatic N) is 4. The number of benzene rings is 1. The van der Waals surface area contributed by atoms with Crippen molar-refractivity contribution in [1.29, 1.82) is 0 Å². The third kappa shape index (κ3) is 8.33. The van der Waals surface area contributed by atoms with E-state index in [2.05, 4.69) is 31.9 Å². The Morgan fingerprint density at radius 1 is 1.16 bits per heavy atom. The molecule has 1 aliphatic heterocycles. The molecule has 206 valence electrons. The molecule has 2 heterocycles. The van der Waals surface area contributed by atoms with Gasteiger partial charge in [-0.25, -0.2) is 18.1 Å². The summed E-state index contributed by atoms with van der Waals surface area (Å²) in [5.41, 5.74) is 9.01. The molecule has 0 spiro atoms. The average molecular weight is 545 g/mol. The molecule has 0 aliphatic carbocycles. The maximum Gasteiger partial charge on any atom is 0.307 e. The number of nitrogens with one attached hydrogen (secondary N) is 2. The number of aliphatic imine (C=N–C) groups is 1. The quantitative estimate of drug-likeness (QED) is 0.197. The minimum Gasteiger partial charge on any atom is -0.481 e. The number of sulfonamides is 1. The van der Waals surface area contributed by atoms with Crippen LogP contribution in [-0.4, -0.2) is 60.4 Å². The van der Waals surface area contributed by atoms with Gasteiger partial charge in [-0.3, -0.25) is 9.28 Å². The standard InChI is InChI=1S/C26H37N7O4S/c1-4-5-6-12-28-25-22(19(2)31-26(27)32-25)11-8-13-33(3)17-23(29-18-33)38(36,37)30-16-21-10-7-9-20(14-21)15-24(34)35/h7,9-10,14,17-18,30H,4-6,8,11-13,15-16H2,1-3H3,(H3-,27,28,31,32,34,35)/p+1. The number of carboxylic acids is 1. The Labute approximate surface area is 224 Å². The second kappa shape index (κ2) is 12.9. The first-order chi connectivity index (χ1) is 18.0. The zero-order valence-electron chi connectivity index (χ0n) is 22.3. The van der Waals surface area contributed by atoms with Crippen molar-refractivity contribution in [3.05, 3.63) is 57.9 Å². The predicted molar refractivity (Wildman–Crippen MR) is 149 cm³/mol. The van der Waals surface area contributed by atoms with Crippen molar-refractivity contribution in [2.45, 2.75) is 58.9 Å². The molecule has 1 aromatic heterocycles. The third-order valence-corrected chi connectivity index (χ3v) is 7.60. The van der Waals surface area contributed by atoms with Crippen LogP contribution < -0.4 is 15.8 Å². The Kier molecular flexibility index (Phi) is 9.95. The highest BCUT2D eigenvalue weighted by Crippen LogP contribution is 2.23. The van der Waals surface area contributed by atoms with Gasteiger partial charge in [-0.1, -0.05) is 44.0 Å². The lowest BCUT2D eigenvalue weighted by atomic mass is 10.1. The molecule has 3 rings (SSSR count). The minimum atomic E-state index is -3.84. The number of unbranched alkanes of at least 4 members (excludes halogenated alkanes) is 2. The number of quaternary nitrogens is 1. The number of hydrogen-bond donors (Lipinski definition) is 4. The largest absolute Gasteiger partial charge is 0.481 e. The number of anilines is 2. The van der Waals surface area contributed by atoms with Crippen molar-refractivity contribution in [2.24, 2.45) is 4.99 Å². The number of nitrogens with two attached hydrogens (primary N) is 1. The van der Waals surface area contributed by atoms with Gasteiger partial charge in [0.1, 0.15) is 12.0 Å². The van der Waals surface area contributed by atoms with Crippen LogP contribution >= 0.6 is 0 Å². The number of aliphatic carboxylic acids is 1. The molecule has 0 amide bonds. The molecule has 5 N–H and O–H groups in total. The number of carbonyl (C=O) groups is 1. The van der Waals surface area contributed by atoms with Crippen molar-refractivity contribution in [3.63, 3.8) is 0 Å². The van der Waals surface area contributed by atoms with Gasteiger partial charge in [0.05, 0.1) is 20.0 Å². The Hall–Kier alpha value is -3.35. The lowest BCUT2D eigenvalue weighted by Gasteiger charge is -2.22. The zero-order valence-corrected chi connectivity index (χ0v) is 23.1. The lowest BCUT2D eigenvalue weighted by molar-refractivity contribution is -0.756. The Balaban J connectivity index is 1.60. The fourth-order valence-electron chi connectivity index (χ4n) is 4.29. The van der Waals surface area contributed by atoms with E-state index < -0.39 is 16.0 Å². The van der Waals surface area contributed by atoms with Crippen LogP contribution in [0, 0.1) is 6.92 Å². The third-order valence-electron chi connectivity index (χ3n) is 6.31. The molecule has 11 nitrogen and oxygen atoms in total. The zero-order chi connectivity index (χ0) is 27.8. The molecule has 1 aromatic carbocycles. The first-order valence-electron chi connectivity index (χ1n) is 12.8. The first kappa shape index (κ1) is 29.2. The molecular formula is C26H38N7O4S+. The maximum absolute atomic E-state index is 12.9. The molecule has 0 saturated carbocycles. The van der Waals surface area contributed by atoms with Crippen LogP contribution in [0.3, 0.4) is 0 Å². The molecule has 38 heavy (non-hydrogen) atoms. The van der Waals surface area contributed by atoms with Crippen LogP contribution in [0.1, 0.15) is 55.0 Å². The van der Waals surface area contributed by atoms with Gasteiger partial charge in [0.15, 0.2) is 6.34 Å². The Morgan fingerprint density at radius 2 is 1.92 bits per heavy atom. The number of rotatable bonds is 15. The van der Waals surface area contributed by atoms with Crippen LogP contribution in [-0.2, 0) is 34.2 Å². The van der Waals surface area contributed by atoms with E-state index in [-0.39, 0.29) is 28.4 Å². The predicted octanol–water partition coefficient (Wildman–Crippen LogP) is 2.94. The Morgan fingerprint density at radius 3 is 2.66 bits per heavy atom. The average Bonchev–Trinajstić information content (AvgIpc) is 3.25. The minimum absolute atomic E-state index is 0.0352. The number of hydrogen-bond acceptors (Lipinski definition) is 8. The molecule has 0 radical (unpaired) electrons. The second-order valence-corrected chi connectivity index (χ2v) is 11.4. The van der Waals surface area contributed by atoms with Gasteiger partial charge in [0, 0.05) is 30.8 Å².